The zero-order valence-corrected chi connectivity index (χ0v) is 24.1. The molecule has 2 aromatic rings. The Morgan fingerprint density at radius 3 is 2.17 bits per heavy atom. The first-order valence-corrected chi connectivity index (χ1v) is 14.3. The van der Waals surface area contributed by atoms with E-state index >= 15 is 0 Å². The molecular formula is C32H41NO6S. The van der Waals surface area contributed by atoms with Crippen molar-refractivity contribution < 1.29 is 28.8 Å². The average Bonchev–Trinajstić information content (AvgIpc) is 2.96. The zero-order chi connectivity index (χ0) is 28.8. The van der Waals surface area contributed by atoms with Crippen molar-refractivity contribution in [3.05, 3.63) is 110 Å². The van der Waals surface area contributed by atoms with Crippen LogP contribution in [0.4, 0.5) is 0 Å². The molecule has 0 aliphatic carbocycles. The Labute approximate surface area is 242 Å². The monoisotopic (exact) mass is 567 g/mol. The molecule has 0 saturated carbocycles. The van der Waals surface area contributed by atoms with Crippen molar-refractivity contribution >= 4 is 11.8 Å². The predicted octanol–water partition coefficient (Wildman–Crippen LogP) is 5.25. The van der Waals surface area contributed by atoms with E-state index in [9.17, 15) is 5.11 Å². The number of aliphatic hydroxyl groups is 1. The summed E-state index contributed by atoms with van der Waals surface area (Å²) >= 11 is 1.33. The van der Waals surface area contributed by atoms with Gasteiger partial charge in [-0.2, -0.15) is 0 Å². The first kappa shape index (κ1) is 31.8. The molecule has 1 N–H and O–H groups in total. The standard InChI is InChI=1S/C32H41NO6S/c1-6-15-35-23-28-29(37-16-7-2)30(38-17-8-3)31(39-18-9-4)32(34,40-28)26-20-25(21-33-22-26)19-24-11-13-27(14-12-24)36-10-5/h6-9,11-14,20-22,28-31,34H,1-4,10,15-19,23H2,5H3/t28-,29-,30?,31-,32?/m1/s1. The van der Waals surface area contributed by atoms with Crippen molar-refractivity contribution in [3.8, 4) is 5.75 Å². The lowest BCUT2D eigenvalue weighted by molar-refractivity contribution is -0.180. The number of hydrogen-bond acceptors (Lipinski definition) is 8. The number of hydrogen-bond donors (Lipinski definition) is 1. The minimum Gasteiger partial charge on any atom is -0.494 e. The van der Waals surface area contributed by atoms with Crippen molar-refractivity contribution in [1.82, 2.24) is 4.98 Å². The van der Waals surface area contributed by atoms with Gasteiger partial charge in [0.15, 0.2) is 4.93 Å². The van der Waals surface area contributed by atoms with Crippen LogP contribution in [0, 0.1) is 0 Å². The van der Waals surface area contributed by atoms with Gasteiger partial charge >= 0.3 is 0 Å². The third-order valence-electron chi connectivity index (χ3n) is 6.28. The fourth-order valence-corrected chi connectivity index (χ4v) is 6.19. The molecule has 40 heavy (non-hydrogen) atoms. The lowest BCUT2D eigenvalue weighted by Gasteiger charge is -2.50. The molecule has 216 valence electrons. The molecule has 7 nitrogen and oxygen atoms in total. The number of nitrogens with zero attached hydrogens (tertiary/aromatic N) is 1. The Kier molecular flexibility index (Phi) is 13.1. The van der Waals surface area contributed by atoms with E-state index in [1.807, 2.05) is 43.5 Å². The summed E-state index contributed by atoms with van der Waals surface area (Å²) in [7, 11) is 0. The number of benzene rings is 1. The largest absolute Gasteiger partial charge is 0.494 e. The van der Waals surface area contributed by atoms with E-state index in [1.54, 1.807) is 30.5 Å². The van der Waals surface area contributed by atoms with Gasteiger partial charge in [-0.25, -0.2) is 0 Å². The van der Waals surface area contributed by atoms with Crippen molar-refractivity contribution in [2.75, 3.05) is 39.6 Å². The lowest BCUT2D eigenvalue weighted by atomic mass is 9.93. The van der Waals surface area contributed by atoms with Crippen LogP contribution in [0.2, 0.25) is 0 Å². The van der Waals surface area contributed by atoms with Crippen LogP contribution in [0.15, 0.2) is 93.3 Å². The van der Waals surface area contributed by atoms with Crippen LogP contribution in [0.5, 0.6) is 5.75 Å². The smallest absolute Gasteiger partial charge is 0.166 e. The second-order valence-corrected chi connectivity index (χ2v) is 10.7. The third kappa shape index (κ3) is 8.39. The minimum absolute atomic E-state index is 0.215. The summed E-state index contributed by atoms with van der Waals surface area (Å²) in [5, 5.41) is 12.2. The van der Waals surface area contributed by atoms with Crippen molar-refractivity contribution in [3.63, 3.8) is 0 Å². The highest BCUT2D eigenvalue weighted by molar-refractivity contribution is 8.00. The summed E-state index contributed by atoms with van der Waals surface area (Å²) < 4.78 is 30.1. The van der Waals surface area contributed by atoms with Gasteiger partial charge in [0.25, 0.3) is 0 Å². The van der Waals surface area contributed by atoms with E-state index in [4.69, 9.17) is 23.7 Å². The summed E-state index contributed by atoms with van der Waals surface area (Å²) in [5.41, 5.74) is 2.66. The topological polar surface area (TPSA) is 79.3 Å². The quantitative estimate of drug-likeness (QED) is 0.193. The fraction of sp³-hybridized carbons (Fsp3) is 0.406. The maximum Gasteiger partial charge on any atom is 0.166 e. The molecule has 0 radical (unpaired) electrons. The number of aromatic nitrogens is 1. The molecule has 5 atom stereocenters. The molecule has 1 aromatic heterocycles. The van der Waals surface area contributed by atoms with Crippen molar-refractivity contribution in [2.45, 2.75) is 41.8 Å². The SMILES string of the molecule is C=CCOC[C@H]1SC(O)(c2cncc(Cc3ccc(OCC)cc3)c2)[C@H](OCC=C)C(OCC=C)[C@@H]1OCC=C. The van der Waals surface area contributed by atoms with Gasteiger partial charge in [-0.15, -0.1) is 38.1 Å². The van der Waals surface area contributed by atoms with Gasteiger partial charge in [-0.05, 0) is 42.7 Å². The number of rotatable bonds is 18. The summed E-state index contributed by atoms with van der Waals surface area (Å²) in [6.45, 7) is 19.2. The predicted molar refractivity (Wildman–Crippen MR) is 161 cm³/mol. The van der Waals surface area contributed by atoms with E-state index in [1.165, 1.54) is 11.8 Å². The Morgan fingerprint density at radius 2 is 1.52 bits per heavy atom. The second kappa shape index (κ2) is 16.5. The van der Waals surface area contributed by atoms with Crippen LogP contribution in [0.3, 0.4) is 0 Å². The molecule has 0 spiro atoms. The average molecular weight is 568 g/mol. The number of ether oxygens (including phenoxy) is 5. The van der Waals surface area contributed by atoms with Crippen molar-refractivity contribution in [2.24, 2.45) is 0 Å². The Balaban J connectivity index is 2.00. The van der Waals surface area contributed by atoms with Gasteiger partial charge in [0.05, 0.1) is 44.9 Å². The van der Waals surface area contributed by atoms with E-state index < -0.39 is 23.2 Å². The fourth-order valence-electron chi connectivity index (χ4n) is 4.61. The second-order valence-electron chi connectivity index (χ2n) is 9.23. The third-order valence-corrected chi connectivity index (χ3v) is 7.82. The first-order valence-electron chi connectivity index (χ1n) is 13.4. The highest BCUT2D eigenvalue weighted by Crippen LogP contribution is 2.50. The van der Waals surface area contributed by atoms with E-state index in [-0.39, 0.29) is 18.5 Å². The molecule has 0 bridgehead atoms. The van der Waals surface area contributed by atoms with Gasteiger partial charge in [-0.1, -0.05) is 36.4 Å². The Bertz CT molecular complexity index is 1090. The molecule has 3 rings (SSSR count). The molecule has 2 unspecified atom stereocenters. The van der Waals surface area contributed by atoms with Crippen LogP contribution < -0.4 is 4.74 Å². The molecule has 8 heteroatoms. The van der Waals surface area contributed by atoms with Gasteiger partial charge in [0.1, 0.15) is 24.1 Å². The molecule has 0 amide bonds. The molecule has 1 aliphatic heterocycles. The van der Waals surface area contributed by atoms with Crippen LogP contribution in [-0.4, -0.2) is 73.3 Å². The Hall–Kier alpha value is -2.72. The van der Waals surface area contributed by atoms with E-state index in [0.29, 0.717) is 38.4 Å². The maximum atomic E-state index is 12.4. The minimum atomic E-state index is -1.52. The van der Waals surface area contributed by atoms with Gasteiger partial charge < -0.3 is 28.8 Å². The van der Waals surface area contributed by atoms with Crippen LogP contribution in [-0.2, 0) is 30.3 Å². The highest BCUT2D eigenvalue weighted by Gasteiger charge is 2.56. The Morgan fingerprint density at radius 1 is 0.875 bits per heavy atom. The van der Waals surface area contributed by atoms with Gasteiger partial charge in [0.2, 0.25) is 0 Å². The van der Waals surface area contributed by atoms with Crippen LogP contribution >= 0.6 is 11.8 Å². The molecular weight excluding hydrogens is 526 g/mol. The molecule has 2 heterocycles. The van der Waals surface area contributed by atoms with Crippen molar-refractivity contribution in [1.29, 1.82) is 0 Å². The summed E-state index contributed by atoms with van der Waals surface area (Å²) in [5.74, 6) is 0.830. The molecule has 1 aromatic carbocycles. The number of pyridine rings is 1. The van der Waals surface area contributed by atoms with Crippen LogP contribution in [0.1, 0.15) is 23.6 Å². The number of thioether (sulfide) groups is 1. The normalized spacial score (nSPS) is 24.2. The van der Waals surface area contributed by atoms with E-state index in [0.717, 1.165) is 16.9 Å². The van der Waals surface area contributed by atoms with Gasteiger partial charge in [0, 0.05) is 18.0 Å². The van der Waals surface area contributed by atoms with E-state index in [2.05, 4.69) is 31.3 Å². The summed E-state index contributed by atoms with van der Waals surface area (Å²) in [4.78, 5) is 2.98. The summed E-state index contributed by atoms with van der Waals surface area (Å²) in [6.07, 6.45) is 8.91. The zero-order valence-electron chi connectivity index (χ0n) is 23.3. The highest BCUT2D eigenvalue weighted by atomic mass is 32.2. The molecule has 1 fully saturated rings. The maximum absolute atomic E-state index is 12.4. The lowest BCUT2D eigenvalue weighted by Crippen LogP contribution is -2.61. The molecule has 1 saturated heterocycles. The van der Waals surface area contributed by atoms with Crippen LogP contribution in [0.25, 0.3) is 0 Å². The summed E-state index contributed by atoms with van der Waals surface area (Å²) in [6, 6.07) is 9.95. The molecule has 1 aliphatic rings. The first-order chi connectivity index (χ1) is 19.5. The van der Waals surface area contributed by atoms with Gasteiger partial charge in [-0.3, -0.25) is 4.98 Å².